The highest BCUT2D eigenvalue weighted by atomic mass is 79.9. The first-order valence-electron chi connectivity index (χ1n) is 5.92. The summed E-state index contributed by atoms with van der Waals surface area (Å²) < 4.78 is 0.834. The summed E-state index contributed by atoms with van der Waals surface area (Å²) in [6, 6.07) is 2.59. The number of hydrogen-bond acceptors (Lipinski definition) is 3. The Morgan fingerprint density at radius 1 is 1.59 bits per heavy atom. The van der Waals surface area contributed by atoms with Crippen LogP contribution in [0.3, 0.4) is 0 Å². The molecule has 0 amide bonds. The fraction of sp³-hybridized carbons (Fsp3) is 0.583. The van der Waals surface area contributed by atoms with Gasteiger partial charge in [-0.3, -0.25) is 0 Å². The molecule has 1 N–H and O–H groups in total. The van der Waals surface area contributed by atoms with E-state index in [0.717, 1.165) is 16.7 Å². The maximum Gasteiger partial charge on any atom is 0.143 e. The van der Waals surface area contributed by atoms with Gasteiger partial charge in [-0.1, -0.05) is 18.0 Å². The van der Waals surface area contributed by atoms with Crippen LogP contribution < -0.4 is 5.32 Å². The molecular weight excluding hydrogens is 302 g/mol. The summed E-state index contributed by atoms with van der Waals surface area (Å²) >= 11 is 9.24. The number of nitrogens with zero attached hydrogens (tertiary/aromatic N) is 2. The van der Waals surface area contributed by atoms with Crippen molar-refractivity contribution in [1.82, 2.24) is 9.88 Å². The fourth-order valence-electron chi connectivity index (χ4n) is 2.16. The Morgan fingerprint density at radius 2 is 2.41 bits per heavy atom. The Morgan fingerprint density at radius 3 is 3.12 bits per heavy atom. The lowest BCUT2D eigenvalue weighted by Crippen LogP contribution is -2.40. The molecule has 1 fully saturated rings. The minimum Gasteiger partial charge on any atom is -0.382 e. The van der Waals surface area contributed by atoms with Crippen LogP contribution in [0.5, 0.6) is 0 Å². The third-order valence-electron chi connectivity index (χ3n) is 3.26. The molecule has 17 heavy (non-hydrogen) atoms. The van der Waals surface area contributed by atoms with Gasteiger partial charge in [0.2, 0.25) is 0 Å². The molecule has 1 saturated heterocycles. The number of nitrogens with one attached hydrogen (secondary N) is 1. The lowest BCUT2D eigenvalue weighted by Gasteiger charge is -2.32. The zero-order valence-electron chi connectivity index (χ0n) is 9.92. The molecule has 2 heterocycles. The SMILES string of the molecule is CN1CCCCC1CNc1cnc(Cl)c(Br)c1. The molecule has 1 aromatic rings. The molecule has 0 radical (unpaired) electrons. The van der Waals surface area contributed by atoms with Gasteiger partial charge in [0, 0.05) is 12.6 Å². The normalized spacial score (nSPS) is 21.5. The third kappa shape index (κ3) is 3.57. The zero-order valence-corrected chi connectivity index (χ0v) is 12.3. The van der Waals surface area contributed by atoms with Gasteiger partial charge in [0.05, 0.1) is 16.4 Å². The van der Waals surface area contributed by atoms with Crippen molar-refractivity contribution >= 4 is 33.2 Å². The summed E-state index contributed by atoms with van der Waals surface area (Å²) in [6.45, 7) is 2.17. The monoisotopic (exact) mass is 317 g/mol. The molecule has 0 bridgehead atoms. The van der Waals surface area contributed by atoms with E-state index in [1.807, 2.05) is 6.07 Å². The number of halogens is 2. The van der Waals surface area contributed by atoms with Crippen molar-refractivity contribution in [1.29, 1.82) is 0 Å². The van der Waals surface area contributed by atoms with Crippen LogP contribution in [0.25, 0.3) is 0 Å². The van der Waals surface area contributed by atoms with Gasteiger partial charge in [0.15, 0.2) is 0 Å². The van der Waals surface area contributed by atoms with Gasteiger partial charge in [-0.2, -0.15) is 0 Å². The molecule has 0 spiro atoms. The van der Waals surface area contributed by atoms with Crippen LogP contribution in [0.15, 0.2) is 16.7 Å². The molecule has 0 aliphatic carbocycles. The second kappa shape index (κ2) is 6.03. The Hall–Kier alpha value is -0.320. The van der Waals surface area contributed by atoms with Crippen molar-refractivity contribution in [3.63, 3.8) is 0 Å². The highest BCUT2D eigenvalue weighted by molar-refractivity contribution is 9.10. The number of hydrogen-bond donors (Lipinski definition) is 1. The summed E-state index contributed by atoms with van der Waals surface area (Å²) in [5.41, 5.74) is 1.01. The summed E-state index contributed by atoms with van der Waals surface area (Å²) in [6.07, 6.45) is 5.70. The van der Waals surface area contributed by atoms with Gasteiger partial charge in [0.25, 0.3) is 0 Å². The van der Waals surface area contributed by atoms with Gasteiger partial charge in [0.1, 0.15) is 5.15 Å². The molecule has 1 unspecified atom stereocenters. The van der Waals surface area contributed by atoms with Crippen molar-refractivity contribution in [2.45, 2.75) is 25.3 Å². The van der Waals surface area contributed by atoms with E-state index in [9.17, 15) is 0 Å². The average Bonchev–Trinajstić information content (AvgIpc) is 2.32. The molecule has 1 aromatic heterocycles. The van der Waals surface area contributed by atoms with E-state index >= 15 is 0 Å². The van der Waals surface area contributed by atoms with Gasteiger partial charge in [-0.25, -0.2) is 4.98 Å². The molecule has 5 heteroatoms. The molecule has 1 atom stereocenters. The predicted molar refractivity (Wildman–Crippen MR) is 75.7 cm³/mol. The van der Waals surface area contributed by atoms with Crippen LogP contribution >= 0.6 is 27.5 Å². The highest BCUT2D eigenvalue weighted by Crippen LogP contribution is 2.23. The van der Waals surface area contributed by atoms with Crippen molar-refractivity contribution in [3.8, 4) is 0 Å². The van der Waals surface area contributed by atoms with E-state index in [2.05, 4.69) is 38.2 Å². The van der Waals surface area contributed by atoms with E-state index < -0.39 is 0 Å². The lowest BCUT2D eigenvalue weighted by molar-refractivity contribution is 0.194. The largest absolute Gasteiger partial charge is 0.382 e. The Kier molecular flexibility index (Phi) is 4.65. The summed E-state index contributed by atoms with van der Waals surface area (Å²) in [7, 11) is 2.20. The second-order valence-electron chi connectivity index (χ2n) is 4.51. The van der Waals surface area contributed by atoms with Crippen molar-refractivity contribution < 1.29 is 0 Å². The maximum atomic E-state index is 5.86. The second-order valence-corrected chi connectivity index (χ2v) is 5.72. The number of pyridine rings is 1. The van der Waals surface area contributed by atoms with Gasteiger partial charge in [-0.05, 0) is 48.4 Å². The fourth-order valence-corrected chi connectivity index (χ4v) is 2.61. The Bertz CT molecular complexity index is 386. The molecule has 0 saturated carbocycles. The smallest absolute Gasteiger partial charge is 0.143 e. The number of likely N-dealkylation sites (N-methyl/N-ethyl adjacent to an activating group) is 1. The minimum atomic E-state index is 0.505. The third-order valence-corrected chi connectivity index (χ3v) is 4.39. The molecule has 0 aromatic carbocycles. The standard InChI is InChI=1S/C12H17BrClN3/c1-17-5-3-2-4-10(17)8-15-9-6-11(13)12(14)16-7-9/h6-7,10,15H,2-5,8H2,1H3. The van der Waals surface area contributed by atoms with Crippen LogP contribution in [0.1, 0.15) is 19.3 Å². The average molecular weight is 319 g/mol. The summed E-state index contributed by atoms with van der Waals surface area (Å²) in [4.78, 5) is 6.53. The minimum absolute atomic E-state index is 0.505. The molecular formula is C12H17BrClN3. The Labute approximate surface area is 116 Å². The lowest BCUT2D eigenvalue weighted by atomic mass is 10.0. The van der Waals surface area contributed by atoms with Crippen LogP contribution in [0.2, 0.25) is 5.15 Å². The van der Waals surface area contributed by atoms with E-state index in [1.54, 1.807) is 6.20 Å². The van der Waals surface area contributed by atoms with Crippen molar-refractivity contribution in [3.05, 3.63) is 21.9 Å². The topological polar surface area (TPSA) is 28.2 Å². The van der Waals surface area contributed by atoms with Crippen molar-refractivity contribution in [2.24, 2.45) is 0 Å². The van der Waals surface area contributed by atoms with Gasteiger partial charge in [-0.15, -0.1) is 0 Å². The predicted octanol–water partition coefficient (Wildman–Crippen LogP) is 3.39. The first-order chi connectivity index (χ1) is 8.16. The number of likely N-dealkylation sites (tertiary alicyclic amines) is 1. The molecule has 2 rings (SSSR count). The Balaban J connectivity index is 1.90. The number of piperidine rings is 1. The first-order valence-corrected chi connectivity index (χ1v) is 7.09. The molecule has 94 valence electrons. The van der Waals surface area contributed by atoms with Crippen LogP contribution in [0, 0.1) is 0 Å². The molecule has 1 aliphatic rings. The quantitative estimate of drug-likeness (QED) is 0.866. The van der Waals surface area contributed by atoms with Crippen LogP contribution in [-0.2, 0) is 0 Å². The van der Waals surface area contributed by atoms with Gasteiger partial charge >= 0.3 is 0 Å². The highest BCUT2D eigenvalue weighted by Gasteiger charge is 2.18. The van der Waals surface area contributed by atoms with E-state index in [0.29, 0.717) is 11.2 Å². The maximum absolute atomic E-state index is 5.86. The van der Waals surface area contributed by atoms with E-state index in [-0.39, 0.29) is 0 Å². The molecule has 1 aliphatic heterocycles. The molecule has 3 nitrogen and oxygen atoms in total. The van der Waals surface area contributed by atoms with Crippen molar-refractivity contribution in [2.75, 3.05) is 25.5 Å². The van der Waals surface area contributed by atoms with Gasteiger partial charge < -0.3 is 10.2 Å². The van der Waals surface area contributed by atoms with Crippen LogP contribution in [0.4, 0.5) is 5.69 Å². The summed E-state index contributed by atoms with van der Waals surface area (Å²) in [5.74, 6) is 0. The number of rotatable bonds is 3. The van der Waals surface area contributed by atoms with Crippen LogP contribution in [-0.4, -0.2) is 36.1 Å². The first kappa shape index (κ1) is 13.1. The number of aromatic nitrogens is 1. The summed E-state index contributed by atoms with van der Waals surface area (Å²) in [5, 5.41) is 3.92. The zero-order chi connectivity index (χ0) is 12.3. The van der Waals surface area contributed by atoms with E-state index in [4.69, 9.17) is 11.6 Å². The number of anilines is 1. The van der Waals surface area contributed by atoms with E-state index in [1.165, 1.54) is 25.8 Å².